The topological polar surface area (TPSA) is 15.3 Å². The van der Waals surface area contributed by atoms with Gasteiger partial charge in [0.15, 0.2) is 0 Å². The second kappa shape index (κ2) is 5.96. The van der Waals surface area contributed by atoms with Crippen LogP contribution in [-0.2, 0) is 6.42 Å². The molecule has 1 aliphatic carbocycles. The lowest BCUT2D eigenvalue weighted by atomic mass is 9.85. The van der Waals surface area contributed by atoms with Gasteiger partial charge in [-0.25, -0.2) is 0 Å². The molecule has 0 atom stereocenters. The number of para-hydroxylation sites is 1. The average molecular weight is 258 g/mol. The van der Waals surface area contributed by atoms with Crippen molar-refractivity contribution in [2.24, 2.45) is 5.92 Å². The highest BCUT2D eigenvalue weighted by molar-refractivity contribution is 5.55. The Labute approximate surface area is 117 Å². The van der Waals surface area contributed by atoms with E-state index in [1.807, 2.05) is 0 Å². The van der Waals surface area contributed by atoms with Gasteiger partial charge in [-0.15, -0.1) is 0 Å². The van der Waals surface area contributed by atoms with Crippen LogP contribution >= 0.6 is 0 Å². The van der Waals surface area contributed by atoms with Gasteiger partial charge in [0, 0.05) is 24.8 Å². The molecule has 2 aliphatic rings. The Morgan fingerprint density at radius 1 is 1.16 bits per heavy atom. The summed E-state index contributed by atoms with van der Waals surface area (Å²) >= 11 is 0. The second-order valence-corrected chi connectivity index (χ2v) is 6.18. The number of rotatable bonds is 3. The lowest BCUT2D eigenvalue weighted by Gasteiger charge is -2.36. The Balaban J connectivity index is 1.62. The number of anilines is 1. The molecule has 1 aliphatic heterocycles. The van der Waals surface area contributed by atoms with Crippen molar-refractivity contribution in [2.75, 3.05) is 25.0 Å². The molecule has 0 radical (unpaired) electrons. The normalized spacial score (nSPS) is 27.1. The van der Waals surface area contributed by atoms with Crippen LogP contribution < -0.4 is 10.2 Å². The van der Waals surface area contributed by atoms with Gasteiger partial charge in [-0.2, -0.15) is 0 Å². The summed E-state index contributed by atoms with van der Waals surface area (Å²) < 4.78 is 0. The summed E-state index contributed by atoms with van der Waals surface area (Å²) in [6.45, 7) is 2.52. The lowest BCUT2D eigenvalue weighted by molar-refractivity contribution is 0.302. The third-order valence-corrected chi connectivity index (χ3v) is 4.94. The van der Waals surface area contributed by atoms with E-state index in [9.17, 15) is 0 Å². The first-order valence-corrected chi connectivity index (χ1v) is 7.87. The summed E-state index contributed by atoms with van der Waals surface area (Å²) in [4.78, 5) is 2.64. The van der Waals surface area contributed by atoms with Gasteiger partial charge in [0.25, 0.3) is 0 Å². The third kappa shape index (κ3) is 2.94. The molecule has 0 aromatic heterocycles. The van der Waals surface area contributed by atoms with Crippen LogP contribution in [0.15, 0.2) is 24.3 Å². The van der Waals surface area contributed by atoms with Crippen molar-refractivity contribution in [3.05, 3.63) is 29.8 Å². The van der Waals surface area contributed by atoms with Crippen LogP contribution in [0.1, 0.15) is 37.7 Å². The largest absolute Gasteiger partial charge is 0.371 e. The van der Waals surface area contributed by atoms with Crippen LogP contribution in [0.2, 0.25) is 0 Å². The van der Waals surface area contributed by atoms with E-state index in [-0.39, 0.29) is 0 Å². The molecule has 1 N–H and O–H groups in total. The fourth-order valence-electron chi connectivity index (χ4n) is 3.75. The fourth-order valence-corrected chi connectivity index (χ4v) is 3.75. The van der Waals surface area contributed by atoms with Gasteiger partial charge in [0.1, 0.15) is 0 Å². The molecule has 3 rings (SSSR count). The van der Waals surface area contributed by atoms with Gasteiger partial charge in [0.05, 0.1) is 0 Å². The number of hydrogen-bond acceptors (Lipinski definition) is 2. The van der Waals surface area contributed by atoms with Gasteiger partial charge >= 0.3 is 0 Å². The van der Waals surface area contributed by atoms with Crippen LogP contribution in [0, 0.1) is 5.92 Å². The monoisotopic (exact) mass is 258 g/mol. The van der Waals surface area contributed by atoms with E-state index in [0.29, 0.717) is 0 Å². The maximum Gasteiger partial charge on any atom is 0.0398 e. The first-order valence-electron chi connectivity index (χ1n) is 7.87. The average Bonchev–Trinajstić information content (AvgIpc) is 2.48. The van der Waals surface area contributed by atoms with Crippen molar-refractivity contribution in [1.29, 1.82) is 0 Å². The van der Waals surface area contributed by atoms with E-state index in [4.69, 9.17) is 0 Å². The zero-order valence-corrected chi connectivity index (χ0v) is 12.1. The van der Waals surface area contributed by atoms with Gasteiger partial charge in [0.2, 0.25) is 0 Å². The van der Waals surface area contributed by atoms with E-state index < -0.39 is 0 Å². The molecule has 0 amide bonds. The minimum Gasteiger partial charge on any atom is -0.371 e. The Hall–Kier alpha value is -1.02. The first kappa shape index (κ1) is 13.0. The molecule has 2 heteroatoms. The minimum absolute atomic E-state index is 0.768. The predicted molar refractivity (Wildman–Crippen MR) is 81.8 cm³/mol. The van der Waals surface area contributed by atoms with E-state index in [2.05, 4.69) is 41.5 Å². The van der Waals surface area contributed by atoms with Crippen LogP contribution in [0.3, 0.4) is 0 Å². The number of aryl methyl sites for hydroxylation is 1. The molecule has 2 nitrogen and oxygen atoms in total. The summed E-state index contributed by atoms with van der Waals surface area (Å²) in [7, 11) is 2.10. The number of hydrogen-bond donors (Lipinski definition) is 1. The van der Waals surface area contributed by atoms with Crippen LogP contribution in [0.25, 0.3) is 0 Å². The van der Waals surface area contributed by atoms with Crippen molar-refractivity contribution in [3.8, 4) is 0 Å². The maximum atomic E-state index is 3.43. The Bertz CT molecular complexity index is 407. The van der Waals surface area contributed by atoms with Crippen LogP contribution in [-0.4, -0.2) is 26.2 Å². The minimum atomic E-state index is 0.768. The fraction of sp³-hybridized carbons (Fsp3) is 0.647. The zero-order chi connectivity index (χ0) is 13.1. The molecule has 104 valence electrons. The number of nitrogens with zero attached hydrogens (tertiary/aromatic N) is 1. The smallest absolute Gasteiger partial charge is 0.0398 e. The Morgan fingerprint density at radius 3 is 2.74 bits per heavy atom. The molecule has 0 saturated heterocycles. The molecular formula is C17H26N2. The Morgan fingerprint density at radius 2 is 1.95 bits per heavy atom. The van der Waals surface area contributed by atoms with Crippen LogP contribution in [0.5, 0.6) is 0 Å². The molecule has 1 heterocycles. The highest BCUT2D eigenvalue weighted by atomic mass is 15.1. The SMILES string of the molecule is CNC1CCC(CN2CCCc3ccccc32)CC1. The van der Waals surface area contributed by atoms with Crippen molar-refractivity contribution in [2.45, 2.75) is 44.6 Å². The van der Waals surface area contributed by atoms with Crippen molar-refractivity contribution >= 4 is 5.69 Å². The van der Waals surface area contributed by atoms with Gasteiger partial charge in [-0.3, -0.25) is 0 Å². The molecular weight excluding hydrogens is 232 g/mol. The van der Waals surface area contributed by atoms with Gasteiger partial charge < -0.3 is 10.2 Å². The quantitative estimate of drug-likeness (QED) is 0.895. The third-order valence-electron chi connectivity index (χ3n) is 4.94. The van der Waals surface area contributed by atoms with E-state index >= 15 is 0 Å². The van der Waals surface area contributed by atoms with Crippen molar-refractivity contribution in [1.82, 2.24) is 5.32 Å². The maximum absolute atomic E-state index is 3.43. The molecule has 0 bridgehead atoms. The summed E-state index contributed by atoms with van der Waals surface area (Å²) in [5, 5.41) is 3.43. The van der Waals surface area contributed by atoms with Crippen molar-refractivity contribution in [3.63, 3.8) is 0 Å². The molecule has 1 saturated carbocycles. The first-order chi connectivity index (χ1) is 9.36. The highest BCUT2D eigenvalue weighted by Gasteiger charge is 2.24. The van der Waals surface area contributed by atoms with E-state index in [1.54, 1.807) is 5.56 Å². The van der Waals surface area contributed by atoms with Gasteiger partial charge in [-0.1, -0.05) is 18.2 Å². The standard InChI is InChI=1S/C17H26N2/c1-18-16-10-8-14(9-11-16)13-19-12-4-6-15-5-2-3-7-17(15)19/h2-3,5,7,14,16,18H,4,6,8-13H2,1H3. The summed E-state index contributed by atoms with van der Waals surface area (Å²) in [5.74, 6) is 0.899. The number of fused-ring (bicyclic) bond motifs is 1. The Kier molecular flexibility index (Phi) is 4.07. The lowest BCUT2D eigenvalue weighted by Crippen LogP contribution is -2.37. The zero-order valence-electron chi connectivity index (χ0n) is 12.1. The van der Waals surface area contributed by atoms with Gasteiger partial charge in [-0.05, 0) is 63.1 Å². The van der Waals surface area contributed by atoms with Crippen LogP contribution in [0.4, 0.5) is 5.69 Å². The second-order valence-electron chi connectivity index (χ2n) is 6.18. The van der Waals surface area contributed by atoms with E-state index in [1.165, 1.54) is 57.3 Å². The van der Waals surface area contributed by atoms with Crippen molar-refractivity contribution < 1.29 is 0 Å². The summed E-state index contributed by atoms with van der Waals surface area (Å²) in [5.41, 5.74) is 3.06. The number of nitrogens with one attached hydrogen (secondary N) is 1. The molecule has 1 aromatic rings. The predicted octanol–water partition coefficient (Wildman–Crippen LogP) is 3.22. The molecule has 19 heavy (non-hydrogen) atoms. The number of benzene rings is 1. The highest BCUT2D eigenvalue weighted by Crippen LogP contribution is 2.31. The molecule has 0 unspecified atom stereocenters. The summed E-state index contributed by atoms with van der Waals surface area (Å²) in [6.07, 6.45) is 8.09. The molecule has 1 fully saturated rings. The molecule has 0 spiro atoms. The van der Waals surface area contributed by atoms with E-state index in [0.717, 1.165) is 12.0 Å². The summed E-state index contributed by atoms with van der Waals surface area (Å²) in [6, 6.07) is 9.76. The molecule has 1 aromatic carbocycles.